The summed E-state index contributed by atoms with van der Waals surface area (Å²) in [5.41, 5.74) is -0.917. The summed E-state index contributed by atoms with van der Waals surface area (Å²) in [5.74, 6) is -0.0829. The Morgan fingerprint density at radius 1 is 1.21 bits per heavy atom. The first-order valence-electron chi connectivity index (χ1n) is 8.07. The summed E-state index contributed by atoms with van der Waals surface area (Å²) in [6.45, 7) is 10.3. The van der Waals surface area contributed by atoms with Gasteiger partial charge in [0.15, 0.2) is 0 Å². The first-order valence-corrected chi connectivity index (χ1v) is 13.7. The molecule has 24 heavy (non-hydrogen) atoms. The van der Waals surface area contributed by atoms with Crippen LogP contribution in [0.3, 0.4) is 0 Å². The molecule has 1 N–H and O–H groups in total. The van der Waals surface area contributed by atoms with Crippen LogP contribution >= 0.6 is 0 Å². The lowest BCUT2D eigenvalue weighted by atomic mass is 10.0. The number of aromatic amines is 1. The number of nitrogens with zero attached hydrogens (tertiary/aromatic N) is 1. The fourth-order valence-electron chi connectivity index (χ4n) is 3.40. The van der Waals surface area contributed by atoms with Crippen LogP contribution in [0, 0.1) is 5.92 Å². The fraction of sp³-hybridized carbons (Fsp3) is 0.714. The molecule has 0 saturated carbocycles. The first-order chi connectivity index (χ1) is 11.1. The first kappa shape index (κ1) is 17.8. The van der Waals surface area contributed by atoms with E-state index in [-0.39, 0.29) is 18.1 Å². The van der Waals surface area contributed by atoms with Crippen molar-refractivity contribution in [1.29, 1.82) is 0 Å². The van der Waals surface area contributed by atoms with Gasteiger partial charge in [-0.3, -0.25) is 14.3 Å². The van der Waals surface area contributed by atoms with Gasteiger partial charge in [-0.1, -0.05) is 6.92 Å². The number of H-pyrrole nitrogens is 1. The summed E-state index contributed by atoms with van der Waals surface area (Å²) in [7, 11) is -4.65. The zero-order valence-electron chi connectivity index (χ0n) is 14.6. The van der Waals surface area contributed by atoms with Crippen LogP contribution in [-0.2, 0) is 17.7 Å². The predicted octanol–water partition coefficient (Wildman–Crippen LogP) is 0.906. The smallest absolute Gasteiger partial charge is 0.330 e. The molecule has 10 heteroatoms. The molecule has 1 aromatic rings. The molecule has 2 aliphatic rings. The molecule has 2 aliphatic heterocycles. The molecule has 8 nitrogen and oxygen atoms in total. The third kappa shape index (κ3) is 3.48. The Kier molecular flexibility index (Phi) is 4.47. The monoisotopic (exact) mass is 372 g/mol. The second-order valence-electron chi connectivity index (χ2n) is 7.24. The molecule has 1 unspecified atom stereocenters. The highest BCUT2D eigenvalue weighted by Crippen LogP contribution is 2.39. The minimum Gasteiger partial charge on any atom is -0.415 e. The Morgan fingerprint density at radius 3 is 2.58 bits per heavy atom. The van der Waals surface area contributed by atoms with Gasteiger partial charge in [0.1, 0.15) is 12.3 Å². The van der Waals surface area contributed by atoms with E-state index in [1.165, 1.54) is 16.8 Å². The number of aromatic nitrogens is 2. The third-order valence-electron chi connectivity index (χ3n) is 4.28. The van der Waals surface area contributed by atoms with E-state index in [0.29, 0.717) is 6.61 Å². The van der Waals surface area contributed by atoms with Crippen molar-refractivity contribution in [1.82, 2.24) is 9.55 Å². The molecule has 2 saturated heterocycles. The van der Waals surface area contributed by atoms with Crippen LogP contribution in [0.25, 0.3) is 0 Å². The highest BCUT2D eigenvalue weighted by Gasteiger charge is 2.50. The molecule has 3 rings (SSSR count). The average Bonchev–Trinajstić information content (AvgIpc) is 2.71. The molecule has 0 spiro atoms. The van der Waals surface area contributed by atoms with Crippen LogP contribution in [0.15, 0.2) is 21.9 Å². The van der Waals surface area contributed by atoms with Crippen LogP contribution < -0.4 is 11.2 Å². The van der Waals surface area contributed by atoms with E-state index in [2.05, 4.69) is 4.98 Å². The molecule has 2 fully saturated rings. The average molecular weight is 373 g/mol. The van der Waals surface area contributed by atoms with E-state index < -0.39 is 34.6 Å². The summed E-state index contributed by atoms with van der Waals surface area (Å²) in [5, 5.41) is 0. The van der Waals surface area contributed by atoms with Crippen molar-refractivity contribution in [3.8, 4) is 0 Å². The lowest BCUT2D eigenvalue weighted by Crippen LogP contribution is -2.55. The highest BCUT2D eigenvalue weighted by molar-refractivity contribution is 6.78. The number of fused-ring (bicyclic) bond motifs is 1. The standard InChI is InChI=1S/C14H24N2O6Si2/c1-9-12-10(8-19-23(2,3)22-24(4,5)21-12)20-13(9)16-7-6-11(17)15-14(16)18/h6-7,9-10,12-13H,8H2,1-5H3,(H,15,17,18)/t9-,10-,12+,13?/m1/s1. The lowest BCUT2D eigenvalue weighted by Gasteiger charge is -2.39. The second-order valence-corrected chi connectivity index (χ2v) is 14.2. The topological polar surface area (TPSA) is 91.8 Å². The number of ether oxygens (including phenoxy) is 1. The van der Waals surface area contributed by atoms with Gasteiger partial charge in [-0.05, 0) is 26.2 Å². The molecule has 134 valence electrons. The van der Waals surface area contributed by atoms with E-state index in [1.807, 2.05) is 33.1 Å². The van der Waals surface area contributed by atoms with Gasteiger partial charge in [-0.25, -0.2) is 4.79 Å². The number of hydrogen-bond donors (Lipinski definition) is 1. The fourth-order valence-corrected chi connectivity index (χ4v) is 10.2. The van der Waals surface area contributed by atoms with Gasteiger partial charge in [-0.2, -0.15) is 0 Å². The van der Waals surface area contributed by atoms with Gasteiger partial charge in [0.05, 0.1) is 12.7 Å². The Labute approximate surface area is 142 Å². The van der Waals surface area contributed by atoms with Crippen LogP contribution in [0.5, 0.6) is 0 Å². The van der Waals surface area contributed by atoms with E-state index in [4.69, 9.17) is 17.7 Å². The summed E-state index contributed by atoms with van der Waals surface area (Å²) in [6, 6.07) is 1.31. The molecule has 3 heterocycles. The van der Waals surface area contributed by atoms with Crippen LogP contribution in [0.2, 0.25) is 26.2 Å². The van der Waals surface area contributed by atoms with E-state index >= 15 is 0 Å². The molecular weight excluding hydrogens is 348 g/mol. The normalized spacial score (nSPS) is 35.0. The van der Waals surface area contributed by atoms with Gasteiger partial charge in [0.2, 0.25) is 0 Å². The molecule has 0 aromatic carbocycles. The molecule has 0 aliphatic carbocycles. The van der Waals surface area contributed by atoms with Gasteiger partial charge in [-0.15, -0.1) is 0 Å². The second kappa shape index (κ2) is 6.04. The predicted molar refractivity (Wildman–Crippen MR) is 91.3 cm³/mol. The Morgan fingerprint density at radius 2 is 1.92 bits per heavy atom. The lowest BCUT2D eigenvalue weighted by molar-refractivity contribution is -0.0529. The zero-order chi connectivity index (χ0) is 17.7. The quantitative estimate of drug-likeness (QED) is 0.737. The Balaban J connectivity index is 1.91. The molecular formula is C14H24N2O6Si2. The van der Waals surface area contributed by atoms with E-state index in [1.54, 1.807) is 0 Å². The molecule has 0 amide bonds. The maximum atomic E-state index is 12.1. The number of rotatable bonds is 1. The largest absolute Gasteiger partial charge is 0.415 e. The summed E-state index contributed by atoms with van der Waals surface area (Å²) in [6.07, 6.45) is 0.451. The van der Waals surface area contributed by atoms with E-state index in [0.717, 1.165) is 0 Å². The molecule has 1 aromatic heterocycles. The maximum Gasteiger partial charge on any atom is 0.330 e. The van der Waals surface area contributed by atoms with Gasteiger partial charge < -0.3 is 17.7 Å². The van der Waals surface area contributed by atoms with Crippen molar-refractivity contribution < 1.29 is 17.7 Å². The van der Waals surface area contributed by atoms with Crippen LogP contribution in [0.1, 0.15) is 13.2 Å². The SMILES string of the molecule is C[C@H]1C(n2ccc(=O)[nH]c2=O)O[C@@H]2CO[Si](C)(C)O[Si](C)(C)O[C@H]21. The minimum absolute atomic E-state index is 0.0829. The summed E-state index contributed by atoms with van der Waals surface area (Å²) < 4.78 is 26.0. The van der Waals surface area contributed by atoms with Crippen molar-refractivity contribution in [3.05, 3.63) is 33.1 Å². The Hall–Kier alpha value is -1.05. The number of nitrogens with one attached hydrogen (secondary N) is 1. The van der Waals surface area contributed by atoms with Crippen molar-refractivity contribution >= 4 is 17.1 Å². The van der Waals surface area contributed by atoms with Crippen molar-refractivity contribution in [3.63, 3.8) is 0 Å². The maximum absolute atomic E-state index is 12.1. The van der Waals surface area contributed by atoms with Gasteiger partial charge in [0.25, 0.3) is 5.56 Å². The van der Waals surface area contributed by atoms with Crippen LogP contribution in [-0.4, -0.2) is 45.5 Å². The minimum atomic E-state index is -2.38. The Bertz CT molecular complexity index is 730. The van der Waals surface area contributed by atoms with E-state index in [9.17, 15) is 9.59 Å². The molecule has 4 atom stereocenters. The van der Waals surface area contributed by atoms with Crippen LogP contribution in [0.4, 0.5) is 0 Å². The summed E-state index contributed by atoms with van der Waals surface area (Å²) >= 11 is 0. The van der Waals surface area contributed by atoms with Crippen molar-refractivity contribution in [2.45, 2.75) is 51.5 Å². The van der Waals surface area contributed by atoms with Gasteiger partial charge in [0, 0.05) is 18.2 Å². The number of hydrogen-bond acceptors (Lipinski definition) is 6. The third-order valence-corrected chi connectivity index (χ3v) is 9.91. The summed E-state index contributed by atoms with van der Waals surface area (Å²) in [4.78, 5) is 25.6. The molecule has 0 bridgehead atoms. The van der Waals surface area contributed by atoms with Crippen molar-refractivity contribution in [2.24, 2.45) is 5.92 Å². The van der Waals surface area contributed by atoms with Crippen molar-refractivity contribution in [2.75, 3.05) is 6.61 Å². The zero-order valence-corrected chi connectivity index (χ0v) is 16.6. The highest BCUT2D eigenvalue weighted by atomic mass is 28.5. The molecule has 0 radical (unpaired) electrons. The van der Waals surface area contributed by atoms with Gasteiger partial charge >= 0.3 is 22.8 Å².